The Morgan fingerprint density at radius 2 is 0.611 bits per heavy atom. The van der Waals surface area contributed by atoms with Gasteiger partial charge in [-0.15, -0.1) is 0 Å². The molecule has 0 heterocycles. The zero-order chi connectivity index (χ0) is 26.2. The lowest BCUT2D eigenvalue weighted by atomic mass is 10.0. The Hall–Kier alpha value is -0.530. The molecule has 0 radical (unpaired) electrons. The molecule has 0 rings (SSSR count). The van der Waals surface area contributed by atoms with Crippen LogP contribution in [0.2, 0.25) is 0 Å². The molecule has 0 unspecified atom stereocenters. The minimum absolute atomic E-state index is 0.276. The molecular weight excluding hydrogens is 438 g/mol. The van der Waals surface area contributed by atoms with Gasteiger partial charge in [-0.3, -0.25) is 4.79 Å². The van der Waals surface area contributed by atoms with Crippen molar-refractivity contribution in [2.24, 2.45) is 0 Å². The third-order valence-electron chi connectivity index (χ3n) is 7.86. The van der Waals surface area contributed by atoms with Crippen molar-refractivity contribution in [3.63, 3.8) is 0 Å². The molecule has 0 saturated heterocycles. The van der Waals surface area contributed by atoms with E-state index in [1.54, 1.807) is 0 Å². The summed E-state index contributed by atoms with van der Waals surface area (Å²) in [6.45, 7) is 5.46. The number of unbranched alkanes of at least 4 members (excludes halogenated alkanes) is 27. The maximum atomic E-state index is 12.0. The minimum atomic E-state index is 0.276. The molecule has 0 spiro atoms. The lowest BCUT2D eigenvalue weighted by Crippen LogP contribution is -2.23. The first-order valence-corrected chi connectivity index (χ1v) is 17.1. The molecular formula is C34H69NO. The van der Waals surface area contributed by atoms with Gasteiger partial charge in [0.1, 0.15) is 0 Å². The van der Waals surface area contributed by atoms with Crippen LogP contribution >= 0.6 is 0 Å². The summed E-state index contributed by atoms with van der Waals surface area (Å²) in [6.07, 6.45) is 40.8. The maximum absolute atomic E-state index is 12.0. The van der Waals surface area contributed by atoms with Crippen molar-refractivity contribution in [3.05, 3.63) is 0 Å². The normalized spacial score (nSPS) is 11.3. The molecule has 1 amide bonds. The maximum Gasteiger partial charge on any atom is 0.219 e. The Morgan fingerprint density at radius 3 is 0.917 bits per heavy atom. The SMILES string of the molecule is CCCCCCCCCCCCCCCCCCCCCC(=O)NCCCCCCCCCCCC. The van der Waals surface area contributed by atoms with E-state index in [4.69, 9.17) is 0 Å². The summed E-state index contributed by atoms with van der Waals surface area (Å²) < 4.78 is 0. The van der Waals surface area contributed by atoms with Crippen LogP contribution in [0.1, 0.15) is 206 Å². The zero-order valence-electron chi connectivity index (χ0n) is 25.3. The van der Waals surface area contributed by atoms with E-state index in [1.165, 1.54) is 173 Å². The molecule has 0 saturated carbocycles. The van der Waals surface area contributed by atoms with E-state index in [1.807, 2.05) is 0 Å². The van der Waals surface area contributed by atoms with Crippen LogP contribution in [0.25, 0.3) is 0 Å². The summed E-state index contributed by atoms with van der Waals surface area (Å²) >= 11 is 0. The van der Waals surface area contributed by atoms with Gasteiger partial charge in [0, 0.05) is 13.0 Å². The summed E-state index contributed by atoms with van der Waals surface area (Å²) in [6, 6.07) is 0. The standard InChI is InChI=1S/C34H69NO/c1-3-5-7-9-11-13-15-16-17-18-19-20-21-22-23-24-26-28-30-32-34(36)35-33-31-29-27-25-14-12-10-8-6-4-2/h3-33H2,1-2H3,(H,35,36). The van der Waals surface area contributed by atoms with Gasteiger partial charge in [0.15, 0.2) is 0 Å². The van der Waals surface area contributed by atoms with Crippen molar-refractivity contribution in [1.29, 1.82) is 0 Å². The van der Waals surface area contributed by atoms with E-state index in [2.05, 4.69) is 19.2 Å². The first-order valence-electron chi connectivity index (χ1n) is 17.1. The van der Waals surface area contributed by atoms with Crippen LogP contribution in [0.4, 0.5) is 0 Å². The van der Waals surface area contributed by atoms with Crippen molar-refractivity contribution in [3.8, 4) is 0 Å². The van der Waals surface area contributed by atoms with Crippen LogP contribution < -0.4 is 5.32 Å². The molecule has 0 aromatic carbocycles. The van der Waals surface area contributed by atoms with Gasteiger partial charge in [-0.05, 0) is 12.8 Å². The summed E-state index contributed by atoms with van der Waals surface area (Å²) in [5.41, 5.74) is 0. The van der Waals surface area contributed by atoms with Gasteiger partial charge in [0.05, 0.1) is 0 Å². The topological polar surface area (TPSA) is 29.1 Å². The number of amides is 1. The second-order valence-electron chi connectivity index (χ2n) is 11.6. The molecule has 0 bridgehead atoms. The molecule has 1 N–H and O–H groups in total. The van der Waals surface area contributed by atoms with Gasteiger partial charge in [0.25, 0.3) is 0 Å². The van der Waals surface area contributed by atoms with E-state index in [0.717, 1.165) is 25.8 Å². The molecule has 0 aromatic heterocycles. The highest BCUT2D eigenvalue weighted by atomic mass is 16.1. The van der Waals surface area contributed by atoms with Crippen LogP contribution in [0.5, 0.6) is 0 Å². The highest BCUT2D eigenvalue weighted by molar-refractivity contribution is 5.75. The third kappa shape index (κ3) is 31.5. The highest BCUT2D eigenvalue weighted by Gasteiger charge is 2.01. The lowest BCUT2D eigenvalue weighted by Gasteiger charge is -2.06. The molecule has 0 aliphatic heterocycles. The Bertz CT molecular complexity index is 408. The van der Waals surface area contributed by atoms with Gasteiger partial charge in [-0.25, -0.2) is 0 Å². The van der Waals surface area contributed by atoms with Gasteiger partial charge in [-0.2, -0.15) is 0 Å². The van der Waals surface area contributed by atoms with E-state index in [0.29, 0.717) is 0 Å². The van der Waals surface area contributed by atoms with Crippen LogP contribution in [-0.2, 0) is 4.79 Å². The van der Waals surface area contributed by atoms with E-state index >= 15 is 0 Å². The summed E-state index contributed by atoms with van der Waals surface area (Å²) in [5.74, 6) is 0.276. The quantitative estimate of drug-likeness (QED) is 0.0928. The molecule has 0 aliphatic rings. The molecule has 216 valence electrons. The molecule has 0 fully saturated rings. The van der Waals surface area contributed by atoms with Gasteiger partial charge in [0.2, 0.25) is 5.91 Å². The number of carbonyl (C=O) groups excluding carboxylic acids is 1. The highest BCUT2D eigenvalue weighted by Crippen LogP contribution is 2.15. The van der Waals surface area contributed by atoms with Gasteiger partial charge >= 0.3 is 0 Å². The first kappa shape index (κ1) is 35.5. The summed E-state index contributed by atoms with van der Waals surface area (Å²) in [5, 5.41) is 3.13. The van der Waals surface area contributed by atoms with Crippen molar-refractivity contribution in [1.82, 2.24) is 5.32 Å². The Balaban J connectivity index is 3.13. The van der Waals surface area contributed by atoms with Crippen molar-refractivity contribution in [2.45, 2.75) is 206 Å². The van der Waals surface area contributed by atoms with Crippen LogP contribution in [0, 0.1) is 0 Å². The monoisotopic (exact) mass is 508 g/mol. The third-order valence-corrected chi connectivity index (χ3v) is 7.86. The number of hydrogen-bond donors (Lipinski definition) is 1. The lowest BCUT2D eigenvalue weighted by molar-refractivity contribution is -0.121. The van der Waals surface area contributed by atoms with Crippen molar-refractivity contribution < 1.29 is 4.79 Å². The second kappa shape index (κ2) is 32.5. The van der Waals surface area contributed by atoms with E-state index in [-0.39, 0.29) is 5.91 Å². The molecule has 36 heavy (non-hydrogen) atoms. The summed E-state index contributed by atoms with van der Waals surface area (Å²) in [4.78, 5) is 12.0. The molecule has 2 heteroatoms. The molecule has 0 atom stereocenters. The average molecular weight is 508 g/mol. The molecule has 0 aliphatic carbocycles. The van der Waals surface area contributed by atoms with Crippen molar-refractivity contribution >= 4 is 5.91 Å². The number of hydrogen-bond acceptors (Lipinski definition) is 1. The Morgan fingerprint density at radius 1 is 0.361 bits per heavy atom. The average Bonchev–Trinajstić information content (AvgIpc) is 2.88. The van der Waals surface area contributed by atoms with Crippen molar-refractivity contribution in [2.75, 3.05) is 6.54 Å². The Labute approximate surface area is 228 Å². The number of rotatable bonds is 31. The van der Waals surface area contributed by atoms with E-state index < -0.39 is 0 Å². The number of nitrogens with one attached hydrogen (secondary N) is 1. The largest absolute Gasteiger partial charge is 0.356 e. The van der Waals surface area contributed by atoms with Crippen LogP contribution in [-0.4, -0.2) is 12.5 Å². The minimum Gasteiger partial charge on any atom is -0.356 e. The fraction of sp³-hybridized carbons (Fsp3) is 0.971. The fourth-order valence-electron chi connectivity index (χ4n) is 5.29. The predicted octanol–water partition coefficient (Wildman–Crippen LogP) is 11.8. The predicted molar refractivity (Wildman–Crippen MR) is 163 cm³/mol. The van der Waals surface area contributed by atoms with Crippen LogP contribution in [0.3, 0.4) is 0 Å². The zero-order valence-corrected chi connectivity index (χ0v) is 25.3. The van der Waals surface area contributed by atoms with Gasteiger partial charge in [-0.1, -0.05) is 187 Å². The fourth-order valence-corrected chi connectivity index (χ4v) is 5.29. The van der Waals surface area contributed by atoms with Gasteiger partial charge < -0.3 is 5.32 Å². The first-order chi connectivity index (χ1) is 17.8. The smallest absolute Gasteiger partial charge is 0.219 e. The second-order valence-corrected chi connectivity index (χ2v) is 11.6. The molecule has 2 nitrogen and oxygen atoms in total. The van der Waals surface area contributed by atoms with Crippen LogP contribution in [0.15, 0.2) is 0 Å². The van der Waals surface area contributed by atoms with E-state index in [9.17, 15) is 4.79 Å². The Kier molecular flexibility index (Phi) is 32.0. The summed E-state index contributed by atoms with van der Waals surface area (Å²) in [7, 11) is 0. The molecule has 0 aromatic rings. The number of carbonyl (C=O) groups is 1.